The number of nitrogens with one attached hydrogen (secondary N) is 1. The lowest BCUT2D eigenvalue weighted by molar-refractivity contribution is 0.0952. The van der Waals surface area contributed by atoms with E-state index in [0.717, 1.165) is 63.3 Å². The van der Waals surface area contributed by atoms with Crippen LogP contribution in [0.1, 0.15) is 66.0 Å². The zero-order chi connectivity index (χ0) is 19.5. The van der Waals surface area contributed by atoms with Crippen LogP contribution in [-0.4, -0.2) is 46.5 Å². The van der Waals surface area contributed by atoms with Gasteiger partial charge in [0.2, 0.25) is 0 Å². The monoisotopic (exact) mass is 402 g/mol. The van der Waals surface area contributed by atoms with Crippen LogP contribution in [0, 0.1) is 6.92 Å². The molecule has 152 valence electrons. The van der Waals surface area contributed by atoms with Gasteiger partial charge in [0.1, 0.15) is 10.7 Å². The lowest BCUT2D eigenvalue weighted by atomic mass is 10.2. The number of hydrogen-bond acceptors (Lipinski definition) is 5. The number of amides is 1. The van der Waals surface area contributed by atoms with Gasteiger partial charge >= 0.3 is 0 Å². The SMILES string of the molecule is Cc1c(C(=O)NCCN2CCCCCC2)sc2nc3n(c(=O)c12)CCCCC3. The van der Waals surface area contributed by atoms with Crippen LogP contribution in [0.4, 0.5) is 0 Å². The predicted molar refractivity (Wildman–Crippen MR) is 113 cm³/mol. The van der Waals surface area contributed by atoms with Crippen molar-refractivity contribution in [2.24, 2.45) is 0 Å². The highest BCUT2D eigenvalue weighted by atomic mass is 32.1. The molecule has 4 heterocycles. The van der Waals surface area contributed by atoms with Crippen molar-refractivity contribution < 1.29 is 4.79 Å². The molecular formula is C21H30N4O2S. The maximum atomic E-state index is 13.0. The first-order valence-electron chi connectivity index (χ1n) is 10.7. The Hall–Kier alpha value is -1.73. The number of aromatic nitrogens is 2. The molecule has 0 aromatic carbocycles. The molecular weight excluding hydrogens is 372 g/mol. The molecule has 0 radical (unpaired) electrons. The van der Waals surface area contributed by atoms with E-state index < -0.39 is 0 Å². The van der Waals surface area contributed by atoms with E-state index in [1.165, 1.54) is 37.0 Å². The van der Waals surface area contributed by atoms with E-state index >= 15 is 0 Å². The lowest BCUT2D eigenvalue weighted by Crippen LogP contribution is -2.35. The molecule has 28 heavy (non-hydrogen) atoms. The summed E-state index contributed by atoms with van der Waals surface area (Å²) in [5.41, 5.74) is 0.809. The molecule has 0 aliphatic carbocycles. The zero-order valence-electron chi connectivity index (χ0n) is 16.8. The molecule has 1 amide bonds. The molecule has 1 saturated heterocycles. The Morgan fingerprint density at radius 3 is 2.57 bits per heavy atom. The van der Waals surface area contributed by atoms with E-state index in [2.05, 4.69) is 10.2 Å². The average molecular weight is 403 g/mol. The predicted octanol–water partition coefficient (Wildman–Crippen LogP) is 3.10. The topological polar surface area (TPSA) is 67.2 Å². The van der Waals surface area contributed by atoms with Gasteiger partial charge in [-0.15, -0.1) is 11.3 Å². The third-order valence-electron chi connectivity index (χ3n) is 6.03. The van der Waals surface area contributed by atoms with Crippen LogP contribution in [0.15, 0.2) is 4.79 Å². The van der Waals surface area contributed by atoms with Gasteiger partial charge in [0, 0.05) is 26.1 Å². The standard InChI is InChI=1S/C21H30N4O2S/c1-15-17-20(23-16-9-5-4-8-13-25(16)21(17)27)28-18(15)19(26)22-10-14-24-11-6-2-3-7-12-24/h2-14H2,1H3,(H,22,26). The number of thiophene rings is 1. The van der Waals surface area contributed by atoms with E-state index in [-0.39, 0.29) is 11.5 Å². The number of carbonyl (C=O) groups is 1. The molecule has 1 fully saturated rings. The summed E-state index contributed by atoms with van der Waals surface area (Å²) >= 11 is 1.37. The van der Waals surface area contributed by atoms with Crippen molar-refractivity contribution in [1.82, 2.24) is 19.8 Å². The van der Waals surface area contributed by atoms with Crippen LogP contribution >= 0.6 is 11.3 Å². The third-order valence-corrected chi connectivity index (χ3v) is 7.21. The van der Waals surface area contributed by atoms with Gasteiger partial charge in [-0.2, -0.15) is 0 Å². The largest absolute Gasteiger partial charge is 0.350 e. The van der Waals surface area contributed by atoms with Gasteiger partial charge in [-0.05, 0) is 51.3 Å². The fourth-order valence-electron chi connectivity index (χ4n) is 4.39. The molecule has 7 heteroatoms. The smallest absolute Gasteiger partial charge is 0.262 e. The minimum absolute atomic E-state index is 0.0271. The summed E-state index contributed by atoms with van der Waals surface area (Å²) in [7, 11) is 0. The summed E-state index contributed by atoms with van der Waals surface area (Å²) in [6.07, 6.45) is 9.22. The second kappa shape index (κ2) is 8.74. The Kier molecular flexibility index (Phi) is 6.11. The number of aryl methyl sites for hydroxylation is 2. The van der Waals surface area contributed by atoms with Gasteiger partial charge < -0.3 is 10.2 Å². The Labute approximate surface area is 169 Å². The molecule has 0 spiro atoms. The highest BCUT2D eigenvalue weighted by molar-refractivity contribution is 7.20. The fraction of sp³-hybridized carbons (Fsp3) is 0.667. The molecule has 4 rings (SSSR count). The normalized spacial score (nSPS) is 18.5. The van der Waals surface area contributed by atoms with Crippen molar-refractivity contribution in [3.63, 3.8) is 0 Å². The van der Waals surface area contributed by atoms with Crippen molar-refractivity contribution in [3.05, 3.63) is 26.6 Å². The number of carbonyl (C=O) groups excluding carboxylic acids is 1. The highest BCUT2D eigenvalue weighted by Gasteiger charge is 2.22. The molecule has 0 saturated carbocycles. The molecule has 0 unspecified atom stereocenters. The fourth-order valence-corrected chi connectivity index (χ4v) is 5.50. The summed E-state index contributed by atoms with van der Waals surface area (Å²) in [5.74, 6) is 0.805. The molecule has 0 atom stereocenters. The molecule has 2 aliphatic rings. The number of hydrogen-bond donors (Lipinski definition) is 1. The van der Waals surface area contributed by atoms with Gasteiger partial charge in [-0.3, -0.25) is 14.2 Å². The quantitative estimate of drug-likeness (QED) is 0.853. The first-order chi connectivity index (χ1) is 13.6. The number of nitrogens with zero attached hydrogens (tertiary/aromatic N) is 3. The van der Waals surface area contributed by atoms with Gasteiger partial charge in [0.25, 0.3) is 11.5 Å². The number of fused-ring (bicyclic) bond motifs is 2. The van der Waals surface area contributed by atoms with Crippen LogP contribution in [0.5, 0.6) is 0 Å². The Bertz CT molecular complexity index is 909. The van der Waals surface area contributed by atoms with Crippen LogP contribution < -0.4 is 10.9 Å². The van der Waals surface area contributed by atoms with Crippen molar-refractivity contribution in [2.45, 2.75) is 64.8 Å². The van der Waals surface area contributed by atoms with Crippen LogP contribution in [0.25, 0.3) is 10.2 Å². The second-order valence-corrected chi connectivity index (χ2v) is 9.04. The van der Waals surface area contributed by atoms with Gasteiger partial charge in [-0.1, -0.05) is 19.3 Å². The van der Waals surface area contributed by atoms with Crippen LogP contribution in [0.2, 0.25) is 0 Å². The second-order valence-electron chi connectivity index (χ2n) is 8.04. The Morgan fingerprint density at radius 1 is 1.07 bits per heavy atom. The minimum atomic E-state index is -0.0742. The van der Waals surface area contributed by atoms with Crippen LogP contribution in [-0.2, 0) is 13.0 Å². The summed E-state index contributed by atoms with van der Waals surface area (Å²) in [4.78, 5) is 34.4. The third kappa shape index (κ3) is 4.01. The molecule has 2 aromatic heterocycles. The van der Waals surface area contributed by atoms with Gasteiger partial charge in [-0.25, -0.2) is 4.98 Å². The summed E-state index contributed by atoms with van der Waals surface area (Å²) in [6.45, 7) is 6.42. The molecule has 0 bridgehead atoms. The number of likely N-dealkylation sites (tertiary alicyclic amines) is 1. The van der Waals surface area contributed by atoms with E-state index in [1.54, 1.807) is 0 Å². The lowest BCUT2D eigenvalue weighted by Gasteiger charge is -2.19. The summed E-state index contributed by atoms with van der Waals surface area (Å²) in [6, 6.07) is 0. The van der Waals surface area contributed by atoms with E-state index in [1.807, 2.05) is 11.5 Å². The van der Waals surface area contributed by atoms with Gasteiger partial charge in [0.05, 0.1) is 10.3 Å². The maximum Gasteiger partial charge on any atom is 0.262 e. The van der Waals surface area contributed by atoms with Crippen molar-refractivity contribution in [1.29, 1.82) is 0 Å². The van der Waals surface area contributed by atoms with E-state index in [0.29, 0.717) is 21.6 Å². The zero-order valence-corrected chi connectivity index (χ0v) is 17.6. The first-order valence-corrected chi connectivity index (χ1v) is 11.5. The number of rotatable bonds is 4. The van der Waals surface area contributed by atoms with Crippen molar-refractivity contribution in [3.8, 4) is 0 Å². The van der Waals surface area contributed by atoms with Crippen LogP contribution in [0.3, 0.4) is 0 Å². The first kappa shape index (κ1) is 19.6. The Morgan fingerprint density at radius 2 is 1.79 bits per heavy atom. The van der Waals surface area contributed by atoms with E-state index in [9.17, 15) is 9.59 Å². The summed E-state index contributed by atoms with van der Waals surface area (Å²) in [5, 5.41) is 3.69. The maximum absolute atomic E-state index is 13.0. The highest BCUT2D eigenvalue weighted by Crippen LogP contribution is 2.28. The molecule has 2 aliphatic heterocycles. The molecule has 2 aromatic rings. The minimum Gasteiger partial charge on any atom is -0.350 e. The Balaban J connectivity index is 1.50. The molecule has 6 nitrogen and oxygen atoms in total. The van der Waals surface area contributed by atoms with Crippen molar-refractivity contribution in [2.75, 3.05) is 26.2 Å². The van der Waals surface area contributed by atoms with Crippen molar-refractivity contribution >= 4 is 27.5 Å². The molecule has 1 N–H and O–H groups in total. The van der Waals surface area contributed by atoms with E-state index in [4.69, 9.17) is 4.98 Å². The van der Waals surface area contributed by atoms with Gasteiger partial charge in [0.15, 0.2) is 0 Å². The average Bonchev–Trinajstić information content (AvgIpc) is 2.90. The summed E-state index contributed by atoms with van der Waals surface area (Å²) < 4.78 is 1.83.